The van der Waals surface area contributed by atoms with Gasteiger partial charge >= 0.3 is 5.97 Å². The van der Waals surface area contributed by atoms with Crippen molar-refractivity contribution >= 4 is 16.0 Å². The minimum atomic E-state index is -3.77. The molecule has 4 fully saturated rings. The summed E-state index contributed by atoms with van der Waals surface area (Å²) in [5.41, 5.74) is 0.713. The van der Waals surface area contributed by atoms with Gasteiger partial charge in [-0.1, -0.05) is 117 Å². The van der Waals surface area contributed by atoms with Crippen molar-refractivity contribution in [2.45, 2.75) is 176 Å². The number of hydrogen-bond acceptors (Lipinski definition) is 7. The summed E-state index contributed by atoms with van der Waals surface area (Å²) >= 11 is 0. The van der Waals surface area contributed by atoms with Crippen LogP contribution in [0.2, 0.25) is 0 Å². The first-order valence-electron chi connectivity index (χ1n) is 23.4. The molecule has 1 N–H and O–H groups in total. The standard InChI is InChI=1S/C50H81NO7S/c1-13-14-30-57-44(52)42-45(7,36(5)34(2)3)28-29-48(10)40-22-23-41-46(8,39(40)24-27-49(42,48)11)31-56-32-47(41,9)43(37(6)55-12)58-33-50(25-16-15-17-26-50)51-59(53,54)38-20-18-35(4)19-21-38/h18-21,24,34,36-37,40-43,51H,13-17,22-23,25-33H2,1-12H3/t36-,37-,40+,41-,42-,43+,45-,46+,47?,48-,49+/m1/s1. The Morgan fingerprint density at radius 2 is 1.58 bits per heavy atom. The Kier molecular flexibility index (Phi) is 13.8. The number of nitrogens with one attached hydrogen (secondary N) is 1. The van der Waals surface area contributed by atoms with Crippen LogP contribution in [0, 0.1) is 63.6 Å². The minimum absolute atomic E-state index is 0.0117. The molecule has 11 atom stereocenters. The predicted octanol–water partition coefficient (Wildman–Crippen LogP) is 10.9. The molecule has 334 valence electrons. The molecule has 0 radical (unpaired) electrons. The quantitative estimate of drug-likeness (QED) is 0.107. The number of benzene rings is 1. The Morgan fingerprint density at radius 1 is 0.898 bits per heavy atom. The van der Waals surface area contributed by atoms with Crippen molar-refractivity contribution in [3.8, 4) is 0 Å². The Bertz CT molecular complexity index is 1770. The van der Waals surface area contributed by atoms with Crippen LogP contribution in [0.1, 0.15) is 152 Å². The molecule has 5 aliphatic rings. The molecule has 1 saturated heterocycles. The lowest BCUT2D eigenvalue weighted by Crippen LogP contribution is -2.66. The van der Waals surface area contributed by atoms with Crippen molar-refractivity contribution in [1.82, 2.24) is 4.72 Å². The average Bonchev–Trinajstić information content (AvgIpc) is 3.18. The van der Waals surface area contributed by atoms with E-state index in [-0.39, 0.29) is 63.2 Å². The summed E-state index contributed by atoms with van der Waals surface area (Å²) in [7, 11) is -2.01. The van der Waals surface area contributed by atoms with Gasteiger partial charge in [-0.3, -0.25) is 4.79 Å². The van der Waals surface area contributed by atoms with Gasteiger partial charge in [0.2, 0.25) is 10.0 Å². The van der Waals surface area contributed by atoms with Crippen molar-refractivity contribution < 1.29 is 32.2 Å². The maximum absolute atomic E-state index is 14.6. The third-order valence-corrected chi connectivity index (χ3v) is 19.6. The summed E-state index contributed by atoms with van der Waals surface area (Å²) in [6, 6.07) is 7.10. The smallest absolute Gasteiger partial charge is 0.310 e. The van der Waals surface area contributed by atoms with E-state index in [1.165, 1.54) is 5.57 Å². The van der Waals surface area contributed by atoms with Gasteiger partial charge in [-0.25, -0.2) is 13.1 Å². The van der Waals surface area contributed by atoms with E-state index in [2.05, 4.69) is 80.0 Å². The summed E-state index contributed by atoms with van der Waals surface area (Å²) in [5.74, 6) is 1.26. The normalized spacial score (nSPS) is 37.3. The maximum Gasteiger partial charge on any atom is 0.310 e. The van der Waals surface area contributed by atoms with E-state index in [1.807, 2.05) is 19.1 Å². The lowest BCUT2D eigenvalue weighted by molar-refractivity contribution is -0.227. The number of esters is 1. The van der Waals surface area contributed by atoms with Gasteiger partial charge in [0, 0.05) is 17.9 Å². The number of hydrogen-bond donors (Lipinski definition) is 1. The van der Waals surface area contributed by atoms with E-state index in [0.717, 1.165) is 82.6 Å². The molecule has 1 aromatic rings. The molecular weight excluding hydrogens is 759 g/mol. The molecule has 1 unspecified atom stereocenters. The van der Waals surface area contributed by atoms with Gasteiger partial charge in [0.05, 0.1) is 55.0 Å². The Balaban J connectivity index is 1.32. The van der Waals surface area contributed by atoms with Crippen LogP contribution in [0.3, 0.4) is 0 Å². The molecule has 3 saturated carbocycles. The molecular formula is C50H81NO7S. The number of rotatable bonds is 15. The SMILES string of the molecule is CCCCOC(=O)[C@@H]1[C@@](C)([C@H](C)C(C)C)CC[C@]2(C)[C@H]3CC[C@H]4C(C)([C@@H](OCC5(NS(=O)(=O)c6ccc(C)cc6)CCCCC5)[C@@H](C)OC)COC[C@@]4(C)C3=CC[C@@]12C. The van der Waals surface area contributed by atoms with Crippen molar-refractivity contribution in [3.05, 3.63) is 41.5 Å². The van der Waals surface area contributed by atoms with Crippen LogP contribution in [-0.2, 0) is 33.8 Å². The number of unbranched alkanes of at least 4 members (excludes halogenated alkanes) is 1. The lowest BCUT2D eigenvalue weighted by Gasteiger charge is -2.69. The number of sulfonamides is 1. The van der Waals surface area contributed by atoms with E-state index in [1.54, 1.807) is 19.2 Å². The fourth-order valence-corrected chi connectivity index (χ4v) is 15.2. The van der Waals surface area contributed by atoms with E-state index in [0.29, 0.717) is 37.6 Å². The molecule has 8 nitrogen and oxygen atoms in total. The summed E-state index contributed by atoms with van der Waals surface area (Å²) < 4.78 is 57.3. The molecule has 0 amide bonds. The predicted molar refractivity (Wildman–Crippen MR) is 236 cm³/mol. The van der Waals surface area contributed by atoms with Crippen LogP contribution >= 0.6 is 0 Å². The summed E-state index contributed by atoms with van der Waals surface area (Å²) in [6.45, 7) is 27.3. The van der Waals surface area contributed by atoms with Crippen molar-refractivity contribution in [2.75, 3.05) is 33.5 Å². The fraction of sp³-hybridized carbons (Fsp3) is 0.820. The highest BCUT2D eigenvalue weighted by atomic mass is 32.2. The Hall–Kier alpha value is -1.78. The van der Waals surface area contributed by atoms with Gasteiger partial charge in [-0.15, -0.1) is 0 Å². The van der Waals surface area contributed by atoms with Gasteiger partial charge < -0.3 is 18.9 Å². The molecule has 59 heavy (non-hydrogen) atoms. The number of methoxy groups -OCH3 is 1. The zero-order valence-corrected chi connectivity index (χ0v) is 39.8. The van der Waals surface area contributed by atoms with Crippen LogP contribution in [0.5, 0.6) is 0 Å². The summed E-state index contributed by atoms with van der Waals surface area (Å²) in [6.07, 6.45) is 13.4. The Labute approximate surface area is 359 Å². The highest BCUT2D eigenvalue weighted by molar-refractivity contribution is 7.89. The van der Waals surface area contributed by atoms with Crippen molar-refractivity contribution in [1.29, 1.82) is 0 Å². The second-order valence-electron chi connectivity index (χ2n) is 21.7. The van der Waals surface area contributed by atoms with Crippen LogP contribution < -0.4 is 4.72 Å². The number of fused-ring (bicyclic) bond motifs is 5. The van der Waals surface area contributed by atoms with Crippen LogP contribution in [-0.4, -0.2) is 65.7 Å². The number of aryl methyl sites for hydroxylation is 1. The van der Waals surface area contributed by atoms with Crippen LogP contribution in [0.25, 0.3) is 0 Å². The summed E-state index contributed by atoms with van der Waals surface area (Å²) in [4.78, 5) is 14.8. The largest absolute Gasteiger partial charge is 0.465 e. The van der Waals surface area contributed by atoms with Crippen LogP contribution in [0.15, 0.2) is 40.8 Å². The van der Waals surface area contributed by atoms with Gasteiger partial charge in [-0.05, 0) is 117 Å². The molecule has 0 aromatic heterocycles. The topological polar surface area (TPSA) is 100 Å². The minimum Gasteiger partial charge on any atom is -0.465 e. The Morgan fingerprint density at radius 3 is 2.20 bits per heavy atom. The van der Waals surface area contributed by atoms with E-state index in [9.17, 15) is 13.2 Å². The average molecular weight is 840 g/mol. The van der Waals surface area contributed by atoms with Crippen LogP contribution in [0.4, 0.5) is 0 Å². The first kappa shape index (κ1) is 46.7. The summed E-state index contributed by atoms with van der Waals surface area (Å²) in [5, 5.41) is 0. The van der Waals surface area contributed by atoms with Gasteiger partial charge in [0.1, 0.15) is 0 Å². The fourth-order valence-electron chi connectivity index (χ4n) is 13.8. The highest BCUT2D eigenvalue weighted by Gasteiger charge is 2.69. The third-order valence-electron chi connectivity index (χ3n) is 18.0. The zero-order valence-electron chi connectivity index (χ0n) is 39.0. The molecule has 1 aliphatic heterocycles. The lowest BCUT2D eigenvalue weighted by atomic mass is 9.35. The molecule has 4 aliphatic carbocycles. The first-order valence-corrected chi connectivity index (χ1v) is 24.9. The number of carbonyl (C=O) groups is 1. The maximum atomic E-state index is 14.6. The molecule has 6 rings (SSSR count). The second kappa shape index (κ2) is 17.4. The third kappa shape index (κ3) is 8.17. The van der Waals surface area contributed by atoms with E-state index >= 15 is 0 Å². The molecule has 0 spiro atoms. The second-order valence-corrected chi connectivity index (χ2v) is 23.4. The number of allylic oxidation sites excluding steroid dienone is 1. The number of carbonyl (C=O) groups excluding carboxylic acids is 1. The van der Waals surface area contributed by atoms with Gasteiger partial charge in [0.15, 0.2) is 0 Å². The highest BCUT2D eigenvalue weighted by Crippen LogP contribution is 2.73. The molecule has 1 heterocycles. The molecule has 1 aromatic carbocycles. The van der Waals surface area contributed by atoms with E-state index in [4.69, 9.17) is 18.9 Å². The van der Waals surface area contributed by atoms with Gasteiger partial charge in [0.25, 0.3) is 0 Å². The zero-order chi connectivity index (χ0) is 43.2. The molecule has 9 heteroatoms. The van der Waals surface area contributed by atoms with Gasteiger partial charge in [-0.2, -0.15) is 0 Å². The molecule has 0 bridgehead atoms. The first-order chi connectivity index (χ1) is 27.7. The van der Waals surface area contributed by atoms with E-state index < -0.39 is 21.0 Å². The van der Waals surface area contributed by atoms with Crippen molar-refractivity contribution in [2.24, 2.45) is 56.7 Å². The van der Waals surface area contributed by atoms with Crippen molar-refractivity contribution in [3.63, 3.8) is 0 Å². The number of ether oxygens (including phenoxy) is 4. The monoisotopic (exact) mass is 840 g/mol.